The highest BCUT2D eigenvalue weighted by atomic mass is 79.9. The molecule has 0 fully saturated rings. The fourth-order valence-corrected chi connectivity index (χ4v) is 3.01. The maximum Gasteiger partial charge on any atom is 0.256 e. The summed E-state index contributed by atoms with van der Waals surface area (Å²) in [5.74, 6) is -2.15. The Bertz CT molecular complexity index is 1100. The third kappa shape index (κ3) is 4.57. The number of rotatable bonds is 5. The van der Waals surface area contributed by atoms with Gasteiger partial charge < -0.3 is 10.6 Å². The summed E-state index contributed by atoms with van der Waals surface area (Å²) in [7, 11) is 1.39. The molecule has 0 atom stereocenters. The number of ketones is 1. The lowest BCUT2D eigenvalue weighted by Crippen LogP contribution is -2.20. The normalized spacial score (nSPS) is 10.3. The van der Waals surface area contributed by atoms with Crippen LogP contribution in [-0.4, -0.2) is 24.6 Å². The van der Waals surface area contributed by atoms with Crippen LogP contribution in [0.3, 0.4) is 0 Å². The molecule has 3 rings (SSSR count). The number of nitrogens with one attached hydrogen (secondary N) is 2. The maximum absolute atomic E-state index is 13.8. The Morgan fingerprint density at radius 2 is 1.48 bits per heavy atom. The van der Waals surface area contributed by atoms with E-state index in [-0.39, 0.29) is 28.2 Å². The van der Waals surface area contributed by atoms with Crippen LogP contribution in [0.2, 0.25) is 0 Å². The van der Waals surface area contributed by atoms with Crippen molar-refractivity contribution in [1.82, 2.24) is 5.32 Å². The van der Waals surface area contributed by atoms with Gasteiger partial charge in [-0.25, -0.2) is 4.39 Å². The predicted octanol–water partition coefficient (Wildman–Crippen LogP) is 4.43. The minimum Gasteiger partial charge on any atom is -0.355 e. The molecule has 0 aliphatic rings. The van der Waals surface area contributed by atoms with Crippen LogP contribution in [0.4, 0.5) is 10.1 Å². The van der Waals surface area contributed by atoms with E-state index in [2.05, 4.69) is 26.6 Å². The van der Waals surface area contributed by atoms with E-state index < -0.39 is 17.6 Å². The second-order valence-electron chi connectivity index (χ2n) is 6.11. The average Bonchev–Trinajstić information content (AvgIpc) is 2.74. The second-order valence-corrected chi connectivity index (χ2v) is 7.03. The third-order valence-electron chi connectivity index (χ3n) is 4.22. The van der Waals surface area contributed by atoms with Gasteiger partial charge >= 0.3 is 0 Å². The summed E-state index contributed by atoms with van der Waals surface area (Å²) in [6.45, 7) is 0. The molecule has 3 aromatic carbocycles. The highest BCUT2D eigenvalue weighted by Gasteiger charge is 2.19. The molecular weight excluding hydrogens is 439 g/mol. The molecule has 0 aromatic heterocycles. The zero-order valence-corrected chi connectivity index (χ0v) is 16.9. The molecular formula is C22H16BrFN2O3. The molecule has 146 valence electrons. The zero-order chi connectivity index (χ0) is 21.0. The van der Waals surface area contributed by atoms with Crippen molar-refractivity contribution in [3.63, 3.8) is 0 Å². The molecule has 0 bridgehead atoms. The van der Waals surface area contributed by atoms with Crippen LogP contribution in [0, 0.1) is 5.82 Å². The number of carbonyl (C=O) groups is 3. The van der Waals surface area contributed by atoms with Crippen molar-refractivity contribution in [2.45, 2.75) is 0 Å². The molecule has 3 aromatic rings. The lowest BCUT2D eigenvalue weighted by atomic mass is 9.98. The first kappa shape index (κ1) is 20.4. The highest BCUT2D eigenvalue weighted by molar-refractivity contribution is 9.10. The molecule has 29 heavy (non-hydrogen) atoms. The van der Waals surface area contributed by atoms with Gasteiger partial charge in [0.25, 0.3) is 11.8 Å². The second kappa shape index (κ2) is 8.79. The number of anilines is 1. The molecule has 0 heterocycles. The fourth-order valence-electron chi connectivity index (χ4n) is 2.75. The summed E-state index contributed by atoms with van der Waals surface area (Å²) in [5, 5.41) is 4.96. The molecule has 0 saturated carbocycles. The van der Waals surface area contributed by atoms with E-state index in [1.807, 2.05) is 0 Å². The van der Waals surface area contributed by atoms with E-state index >= 15 is 0 Å². The Morgan fingerprint density at radius 1 is 0.828 bits per heavy atom. The Labute approximate surface area is 175 Å². The van der Waals surface area contributed by atoms with Crippen LogP contribution in [0.1, 0.15) is 36.6 Å². The standard InChI is InChI=1S/C22H16BrFN2O3/c1-25-21(28)18-12-15(10-11-19(18)24)26-22(29)17-5-3-2-4-16(17)20(27)13-6-8-14(23)9-7-13/h2-12H,1H3,(H,25,28)(H,26,29). The van der Waals surface area contributed by atoms with Crippen LogP contribution >= 0.6 is 15.9 Å². The van der Waals surface area contributed by atoms with Gasteiger partial charge in [0, 0.05) is 28.3 Å². The first-order valence-corrected chi connectivity index (χ1v) is 9.42. The maximum atomic E-state index is 13.8. The first-order valence-electron chi connectivity index (χ1n) is 8.63. The summed E-state index contributed by atoms with van der Waals surface area (Å²) in [6.07, 6.45) is 0. The van der Waals surface area contributed by atoms with E-state index in [1.54, 1.807) is 42.5 Å². The van der Waals surface area contributed by atoms with E-state index in [0.29, 0.717) is 5.56 Å². The van der Waals surface area contributed by atoms with Crippen molar-refractivity contribution in [1.29, 1.82) is 0 Å². The van der Waals surface area contributed by atoms with Crippen LogP contribution < -0.4 is 10.6 Å². The molecule has 0 radical (unpaired) electrons. The predicted molar refractivity (Wildman–Crippen MR) is 112 cm³/mol. The Kier molecular flexibility index (Phi) is 6.19. The van der Waals surface area contributed by atoms with Gasteiger partial charge in [-0.2, -0.15) is 0 Å². The number of carbonyl (C=O) groups excluding carboxylic acids is 3. The molecule has 2 amide bonds. The highest BCUT2D eigenvalue weighted by Crippen LogP contribution is 2.20. The zero-order valence-electron chi connectivity index (χ0n) is 15.3. The van der Waals surface area contributed by atoms with Crippen molar-refractivity contribution in [3.05, 3.63) is 99.3 Å². The van der Waals surface area contributed by atoms with Gasteiger partial charge in [0.15, 0.2) is 5.78 Å². The van der Waals surface area contributed by atoms with Crippen LogP contribution in [0.15, 0.2) is 71.2 Å². The van der Waals surface area contributed by atoms with E-state index in [9.17, 15) is 18.8 Å². The fraction of sp³-hybridized carbons (Fsp3) is 0.0455. The Morgan fingerprint density at radius 3 is 2.14 bits per heavy atom. The molecule has 0 aliphatic heterocycles. The smallest absolute Gasteiger partial charge is 0.256 e. The van der Waals surface area contributed by atoms with Crippen LogP contribution in [0.5, 0.6) is 0 Å². The number of hydrogen-bond acceptors (Lipinski definition) is 3. The van der Waals surface area contributed by atoms with Gasteiger partial charge in [-0.15, -0.1) is 0 Å². The number of amides is 2. The summed E-state index contributed by atoms with van der Waals surface area (Å²) in [4.78, 5) is 37.4. The van der Waals surface area contributed by atoms with Crippen molar-refractivity contribution in [2.75, 3.05) is 12.4 Å². The van der Waals surface area contributed by atoms with E-state index in [0.717, 1.165) is 10.5 Å². The van der Waals surface area contributed by atoms with Gasteiger partial charge in [0.1, 0.15) is 5.82 Å². The molecule has 5 nitrogen and oxygen atoms in total. The summed E-state index contributed by atoms with van der Waals surface area (Å²) >= 11 is 3.32. The van der Waals surface area contributed by atoms with E-state index in [4.69, 9.17) is 0 Å². The molecule has 2 N–H and O–H groups in total. The Balaban J connectivity index is 1.90. The molecule has 0 saturated heterocycles. The van der Waals surface area contributed by atoms with Crippen molar-refractivity contribution in [2.24, 2.45) is 0 Å². The van der Waals surface area contributed by atoms with Gasteiger partial charge in [0.05, 0.1) is 11.1 Å². The van der Waals surface area contributed by atoms with Gasteiger partial charge in [-0.3, -0.25) is 14.4 Å². The largest absolute Gasteiger partial charge is 0.355 e. The van der Waals surface area contributed by atoms with Crippen molar-refractivity contribution in [3.8, 4) is 0 Å². The summed E-state index contributed by atoms with van der Waals surface area (Å²) in [5.41, 5.74) is 0.898. The minimum absolute atomic E-state index is 0.172. The SMILES string of the molecule is CNC(=O)c1cc(NC(=O)c2ccccc2C(=O)c2ccc(Br)cc2)ccc1F. The van der Waals surface area contributed by atoms with Gasteiger partial charge in [0.2, 0.25) is 0 Å². The first-order chi connectivity index (χ1) is 13.9. The minimum atomic E-state index is -0.701. The molecule has 0 spiro atoms. The molecule has 0 aliphatic carbocycles. The third-order valence-corrected chi connectivity index (χ3v) is 4.75. The lowest BCUT2D eigenvalue weighted by Gasteiger charge is -2.11. The molecule has 0 unspecified atom stereocenters. The number of halogens is 2. The average molecular weight is 455 g/mol. The lowest BCUT2D eigenvalue weighted by molar-refractivity contribution is 0.0957. The number of hydrogen-bond donors (Lipinski definition) is 2. The van der Waals surface area contributed by atoms with Gasteiger partial charge in [-0.05, 0) is 48.5 Å². The quantitative estimate of drug-likeness (QED) is 0.559. The Hall–Kier alpha value is -3.32. The van der Waals surface area contributed by atoms with Crippen LogP contribution in [-0.2, 0) is 0 Å². The molecule has 7 heteroatoms. The van der Waals surface area contributed by atoms with E-state index in [1.165, 1.54) is 25.2 Å². The summed E-state index contributed by atoms with van der Waals surface area (Å²) in [6, 6.07) is 16.9. The number of benzene rings is 3. The topological polar surface area (TPSA) is 75.3 Å². The summed E-state index contributed by atoms with van der Waals surface area (Å²) < 4.78 is 14.7. The van der Waals surface area contributed by atoms with Crippen molar-refractivity contribution < 1.29 is 18.8 Å². The van der Waals surface area contributed by atoms with Crippen LogP contribution in [0.25, 0.3) is 0 Å². The monoisotopic (exact) mass is 454 g/mol. The van der Waals surface area contributed by atoms with Gasteiger partial charge in [-0.1, -0.05) is 34.1 Å². The van der Waals surface area contributed by atoms with Crippen molar-refractivity contribution >= 4 is 39.2 Å².